The van der Waals surface area contributed by atoms with E-state index in [1.807, 2.05) is 6.07 Å². The number of urea groups is 1. The zero-order valence-corrected chi connectivity index (χ0v) is 18.6. The second-order valence-corrected chi connectivity index (χ2v) is 9.66. The molecule has 0 radical (unpaired) electrons. The Bertz CT molecular complexity index is 740. The van der Waals surface area contributed by atoms with E-state index in [0.29, 0.717) is 26.1 Å². The molecule has 1 saturated heterocycles. The Balaban J connectivity index is 1.33. The summed E-state index contributed by atoms with van der Waals surface area (Å²) >= 11 is 0. The zero-order chi connectivity index (χ0) is 21.6. The summed E-state index contributed by atoms with van der Waals surface area (Å²) in [5.74, 6) is 0.755. The first kappa shape index (κ1) is 22.6. The number of benzene rings is 1. The van der Waals surface area contributed by atoms with E-state index < -0.39 is 0 Å². The predicted molar refractivity (Wildman–Crippen MR) is 117 cm³/mol. The fourth-order valence-electron chi connectivity index (χ4n) is 3.53. The summed E-state index contributed by atoms with van der Waals surface area (Å²) in [5, 5.41) is 2.37. The number of nitrogens with zero attached hydrogens (tertiary/aromatic N) is 1. The second-order valence-electron chi connectivity index (χ2n) is 9.66. The highest BCUT2D eigenvalue weighted by Gasteiger charge is 2.44. The molecule has 3 N–H and O–H groups in total. The minimum atomic E-state index is -0.254. The molecule has 0 unspecified atom stereocenters. The van der Waals surface area contributed by atoms with Crippen molar-refractivity contribution < 1.29 is 14.3 Å². The molecule has 0 bridgehead atoms. The quantitative estimate of drug-likeness (QED) is 0.381. The summed E-state index contributed by atoms with van der Waals surface area (Å²) in [6, 6.07) is 8.16. The van der Waals surface area contributed by atoms with Gasteiger partial charge in [-0.2, -0.15) is 0 Å². The lowest BCUT2D eigenvalue weighted by atomic mass is 9.98. The molecule has 30 heavy (non-hydrogen) atoms. The van der Waals surface area contributed by atoms with Gasteiger partial charge in [-0.05, 0) is 48.8 Å². The van der Waals surface area contributed by atoms with Crippen molar-refractivity contribution in [2.75, 3.05) is 26.2 Å². The number of imide groups is 1. The minimum absolute atomic E-state index is 0.0134. The highest BCUT2D eigenvalue weighted by molar-refractivity contribution is 5.96. The lowest BCUT2D eigenvalue weighted by Gasteiger charge is -2.26. The maximum atomic E-state index is 11.7. The monoisotopic (exact) mass is 416 g/mol. The number of amides is 3. The first-order chi connectivity index (χ1) is 14.3. The van der Waals surface area contributed by atoms with Crippen molar-refractivity contribution in [3.8, 4) is 5.75 Å². The van der Waals surface area contributed by atoms with Crippen LogP contribution in [0.25, 0.3) is 0 Å². The van der Waals surface area contributed by atoms with E-state index in [1.165, 1.54) is 5.56 Å². The van der Waals surface area contributed by atoms with Gasteiger partial charge in [0.1, 0.15) is 5.75 Å². The normalized spacial score (nSPS) is 18.3. The highest BCUT2D eigenvalue weighted by Crippen LogP contribution is 2.45. The average Bonchev–Trinajstić information content (AvgIpc) is 3.48. The lowest BCUT2D eigenvalue weighted by Crippen LogP contribution is -2.49. The average molecular weight is 417 g/mol. The maximum Gasteiger partial charge on any atom is 0.324 e. The van der Waals surface area contributed by atoms with E-state index in [-0.39, 0.29) is 22.9 Å². The molecule has 7 nitrogen and oxygen atoms in total. The molecule has 2 fully saturated rings. The standard InChI is InChI=1S/C23H36N4O3/c1-22(2,3)17-30-19-9-7-8-18(16-19)23(11-12-23)26-24-13-5-4-6-14-27-15-10-20(28)25-21(27)29/h7-9,16,24,26H,4-6,10-15,17H2,1-3H3,(H,25,28,29). The number of unbranched alkanes of at least 4 members (excludes halogenated alkanes) is 2. The van der Waals surface area contributed by atoms with Gasteiger partial charge in [-0.15, -0.1) is 0 Å². The van der Waals surface area contributed by atoms with Gasteiger partial charge in [0.25, 0.3) is 0 Å². The van der Waals surface area contributed by atoms with E-state index in [2.05, 4.69) is 55.1 Å². The number of carbonyl (C=O) groups excluding carboxylic acids is 2. The Hall–Kier alpha value is -2.12. The maximum absolute atomic E-state index is 11.7. The fourth-order valence-corrected chi connectivity index (χ4v) is 3.53. The Labute approximate surface area is 179 Å². The summed E-state index contributed by atoms with van der Waals surface area (Å²) in [7, 11) is 0. The third-order valence-electron chi connectivity index (χ3n) is 5.51. The highest BCUT2D eigenvalue weighted by atomic mass is 16.5. The summed E-state index contributed by atoms with van der Waals surface area (Å²) in [4.78, 5) is 24.6. The van der Waals surface area contributed by atoms with Crippen molar-refractivity contribution in [2.45, 2.75) is 64.8 Å². The third kappa shape index (κ3) is 6.71. The minimum Gasteiger partial charge on any atom is -0.493 e. The van der Waals surface area contributed by atoms with E-state index in [9.17, 15) is 9.59 Å². The van der Waals surface area contributed by atoms with Crippen LogP contribution in [0.4, 0.5) is 4.79 Å². The smallest absolute Gasteiger partial charge is 0.324 e. The zero-order valence-electron chi connectivity index (χ0n) is 18.6. The van der Waals surface area contributed by atoms with Crippen LogP contribution < -0.4 is 20.9 Å². The number of carbonyl (C=O) groups is 2. The number of nitrogens with one attached hydrogen (secondary N) is 3. The van der Waals surface area contributed by atoms with Gasteiger partial charge in [0.15, 0.2) is 0 Å². The second kappa shape index (κ2) is 9.79. The van der Waals surface area contributed by atoms with Crippen molar-refractivity contribution in [1.29, 1.82) is 0 Å². The summed E-state index contributed by atoms with van der Waals surface area (Å²) in [6.07, 6.45) is 5.65. The molecule has 3 amide bonds. The topological polar surface area (TPSA) is 82.7 Å². The molecule has 3 rings (SSSR count). The van der Waals surface area contributed by atoms with Crippen molar-refractivity contribution in [1.82, 2.24) is 21.1 Å². The van der Waals surface area contributed by atoms with Crippen molar-refractivity contribution >= 4 is 11.9 Å². The lowest BCUT2D eigenvalue weighted by molar-refractivity contribution is -0.121. The Morgan fingerprint density at radius 3 is 2.67 bits per heavy atom. The van der Waals surface area contributed by atoms with Crippen LogP contribution in [0.5, 0.6) is 5.75 Å². The Morgan fingerprint density at radius 1 is 1.17 bits per heavy atom. The van der Waals surface area contributed by atoms with Gasteiger partial charge in [0.05, 0.1) is 12.1 Å². The van der Waals surface area contributed by atoms with Gasteiger partial charge in [0, 0.05) is 26.1 Å². The van der Waals surface area contributed by atoms with Gasteiger partial charge in [-0.1, -0.05) is 39.3 Å². The first-order valence-corrected chi connectivity index (χ1v) is 11.1. The number of rotatable bonds is 11. The molecule has 2 aliphatic rings. The van der Waals surface area contributed by atoms with E-state index in [1.54, 1.807) is 4.90 Å². The van der Waals surface area contributed by atoms with Gasteiger partial charge in [-0.25, -0.2) is 10.2 Å². The van der Waals surface area contributed by atoms with Crippen LogP contribution in [-0.2, 0) is 10.3 Å². The Morgan fingerprint density at radius 2 is 1.97 bits per heavy atom. The molecule has 7 heteroatoms. The molecule has 1 aromatic rings. The summed E-state index contributed by atoms with van der Waals surface area (Å²) < 4.78 is 5.97. The molecule has 1 aliphatic heterocycles. The molecule has 1 heterocycles. The number of hydrogen-bond donors (Lipinski definition) is 3. The van der Waals surface area contributed by atoms with Crippen LogP contribution >= 0.6 is 0 Å². The third-order valence-corrected chi connectivity index (χ3v) is 5.51. The van der Waals surface area contributed by atoms with Crippen molar-refractivity contribution in [3.63, 3.8) is 0 Å². The summed E-state index contributed by atoms with van der Waals surface area (Å²) in [6.45, 7) is 9.34. The molecular formula is C23H36N4O3. The van der Waals surface area contributed by atoms with Crippen LogP contribution in [0.2, 0.25) is 0 Å². The molecule has 1 aromatic carbocycles. The molecule has 0 atom stereocenters. The van der Waals surface area contributed by atoms with Crippen molar-refractivity contribution in [2.24, 2.45) is 5.41 Å². The summed E-state index contributed by atoms with van der Waals surface area (Å²) in [5.41, 5.74) is 8.33. The molecule has 0 aromatic heterocycles. The number of hydrogen-bond acceptors (Lipinski definition) is 5. The fraction of sp³-hybridized carbons (Fsp3) is 0.652. The molecule has 1 saturated carbocycles. The van der Waals surface area contributed by atoms with E-state index >= 15 is 0 Å². The van der Waals surface area contributed by atoms with Crippen LogP contribution in [0.15, 0.2) is 24.3 Å². The molecule has 0 spiro atoms. The molecular weight excluding hydrogens is 380 g/mol. The van der Waals surface area contributed by atoms with Gasteiger partial charge in [-0.3, -0.25) is 15.5 Å². The number of hydrazine groups is 1. The van der Waals surface area contributed by atoms with Gasteiger partial charge < -0.3 is 9.64 Å². The first-order valence-electron chi connectivity index (χ1n) is 11.1. The molecule has 166 valence electrons. The van der Waals surface area contributed by atoms with Gasteiger partial charge >= 0.3 is 6.03 Å². The largest absolute Gasteiger partial charge is 0.493 e. The van der Waals surface area contributed by atoms with Gasteiger partial charge in [0.2, 0.25) is 5.91 Å². The Kier molecular flexibility index (Phi) is 7.36. The molecule has 1 aliphatic carbocycles. The predicted octanol–water partition coefficient (Wildman–Crippen LogP) is 3.31. The van der Waals surface area contributed by atoms with Crippen LogP contribution in [0, 0.1) is 5.41 Å². The van der Waals surface area contributed by atoms with Crippen LogP contribution in [-0.4, -0.2) is 43.1 Å². The van der Waals surface area contributed by atoms with E-state index in [0.717, 1.165) is 44.4 Å². The van der Waals surface area contributed by atoms with Crippen LogP contribution in [0.3, 0.4) is 0 Å². The SMILES string of the molecule is CC(C)(C)COc1cccc(C2(NNCCCCCN3CCC(=O)NC3=O)CC2)c1. The number of ether oxygens (including phenoxy) is 1. The van der Waals surface area contributed by atoms with Crippen molar-refractivity contribution in [3.05, 3.63) is 29.8 Å². The van der Waals surface area contributed by atoms with Crippen LogP contribution in [0.1, 0.15) is 64.9 Å². The van der Waals surface area contributed by atoms with E-state index in [4.69, 9.17) is 4.74 Å².